The van der Waals surface area contributed by atoms with Crippen molar-refractivity contribution in [2.45, 2.75) is 33.1 Å². The average molecular weight is 390 g/mol. The van der Waals surface area contributed by atoms with Crippen LogP contribution in [-0.4, -0.2) is 42.0 Å². The van der Waals surface area contributed by atoms with Crippen LogP contribution in [-0.2, 0) is 6.42 Å². The Labute approximate surface area is 173 Å². The molecule has 2 heterocycles. The zero-order chi connectivity index (χ0) is 20.2. The van der Waals surface area contributed by atoms with Crippen molar-refractivity contribution >= 4 is 16.8 Å². The number of hydrogen-bond acceptors (Lipinski definition) is 2. The summed E-state index contributed by atoms with van der Waals surface area (Å²) in [6, 6.07) is 16.8. The molecule has 0 aliphatic carbocycles. The minimum Gasteiger partial charge on any atom is -0.351 e. The van der Waals surface area contributed by atoms with Gasteiger partial charge in [-0.15, -0.1) is 0 Å². The highest BCUT2D eigenvalue weighted by Crippen LogP contribution is 2.22. The molecule has 1 aliphatic heterocycles. The number of hydrogen-bond donors (Lipinski definition) is 2. The zero-order valence-electron chi connectivity index (χ0n) is 17.5. The fraction of sp³-hybridized carbons (Fsp3) is 0.400. The molecule has 1 aliphatic rings. The quantitative estimate of drug-likeness (QED) is 0.653. The first-order chi connectivity index (χ1) is 14.1. The van der Waals surface area contributed by atoms with Crippen molar-refractivity contribution in [1.82, 2.24) is 15.2 Å². The van der Waals surface area contributed by atoms with E-state index in [9.17, 15) is 4.79 Å². The summed E-state index contributed by atoms with van der Waals surface area (Å²) in [6.45, 7) is 8.23. The molecule has 152 valence electrons. The lowest BCUT2D eigenvalue weighted by atomic mass is 9.89. The number of piperidine rings is 1. The van der Waals surface area contributed by atoms with Gasteiger partial charge in [0, 0.05) is 24.0 Å². The van der Waals surface area contributed by atoms with Gasteiger partial charge in [-0.3, -0.25) is 4.79 Å². The topological polar surface area (TPSA) is 48.1 Å². The van der Waals surface area contributed by atoms with Crippen molar-refractivity contribution in [3.8, 4) is 0 Å². The van der Waals surface area contributed by atoms with Gasteiger partial charge in [-0.2, -0.15) is 0 Å². The molecular weight excluding hydrogens is 358 g/mol. The molecule has 4 heteroatoms. The molecular formula is C25H31N3O. The van der Waals surface area contributed by atoms with Crippen LogP contribution in [0.3, 0.4) is 0 Å². The van der Waals surface area contributed by atoms with Crippen LogP contribution in [0.1, 0.15) is 40.0 Å². The summed E-state index contributed by atoms with van der Waals surface area (Å²) in [5.41, 5.74) is 5.88. The second kappa shape index (κ2) is 8.83. The Kier molecular flexibility index (Phi) is 6.00. The van der Waals surface area contributed by atoms with Gasteiger partial charge in [-0.05, 0) is 80.9 Å². The minimum absolute atomic E-state index is 0.0224. The number of carbonyl (C=O) groups excluding carboxylic acids is 1. The van der Waals surface area contributed by atoms with Crippen molar-refractivity contribution in [3.05, 3.63) is 70.9 Å². The van der Waals surface area contributed by atoms with E-state index in [1.807, 2.05) is 30.3 Å². The van der Waals surface area contributed by atoms with Crippen molar-refractivity contribution in [1.29, 1.82) is 0 Å². The first-order valence-corrected chi connectivity index (χ1v) is 10.7. The van der Waals surface area contributed by atoms with Crippen molar-refractivity contribution in [3.63, 3.8) is 0 Å². The van der Waals surface area contributed by atoms with Gasteiger partial charge >= 0.3 is 0 Å². The van der Waals surface area contributed by atoms with Gasteiger partial charge < -0.3 is 15.2 Å². The van der Waals surface area contributed by atoms with Gasteiger partial charge in [0.25, 0.3) is 5.91 Å². The first-order valence-electron chi connectivity index (χ1n) is 10.7. The Morgan fingerprint density at radius 1 is 1.07 bits per heavy atom. The molecule has 1 fully saturated rings. The first kappa shape index (κ1) is 19.7. The predicted octanol–water partition coefficient (Wildman–Crippen LogP) is 4.47. The Hall–Kier alpha value is -2.59. The van der Waals surface area contributed by atoms with Crippen LogP contribution in [0, 0.1) is 19.8 Å². The molecule has 29 heavy (non-hydrogen) atoms. The minimum atomic E-state index is -0.0224. The molecule has 4 rings (SSSR count). The number of para-hydroxylation sites is 1. The van der Waals surface area contributed by atoms with Gasteiger partial charge in [0.05, 0.1) is 0 Å². The molecule has 1 saturated heterocycles. The van der Waals surface area contributed by atoms with Crippen LogP contribution in [0.5, 0.6) is 0 Å². The van der Waals surface area contributed by atoms with E-state index in [0.717, 1.165) is 36.5 Å². The average Bonchev–Trinajstić information content (AvgIpc) is 3.16. The Balaban J connectivity index is 1.20. The van der Waals surface area contributed by atoms with E-state index in [1.165, 1.54) is 36.0 Å². The molecule has 1 aromatic heterocycles. The normalized spacial score (nSPS) is 15.7. The summed E-state index contributed by atoms with van der Waals surface area (Å²) in [4.78, 5) is 18.1. The number of fused-ring (bicyclic) bond motifs is 1. The molecule has 0 saturated carbocycles. The summed E-state index contributed by atoms with van der Waals surface area (Å²) in [6.07, 6.45) is 3.66. The molecule has 4 nitrogen and oxygen atoms in total. The second-order valence-corrected chi connectivity index (χ2v) is 8.43. The third kappa shape index (κ3) is 4.88. The van der Waals surface area contributed by atoms with Crippen molar-refractivity contribution in [2.24, 2.45) is 5.92 Å². The van der Waals surface area contributed by atoms with E-state index in [0.29, 0.717) is 12.2 Å². The van der Waals surface area contributed by atoms with Gasteiger partial charge in [-0.1, -0.05) is 36.4 Å². The third-order valence-corrected chi connectivity index (χ3v) is 6.29. The van der Waals surface area contributed by atoms with Gasteiger partial charge in [0.1, 0.15) is 5.69 Å². The van der Waals surface area contributed by atoms with E-state index >= 15 is 0 Å². The fourth-order valence-corrected chi connectivity index (χ4v) is 4.30. The molecule has 2 N–H and O–H groups in total. The Morgan fingerprint density at radius 2 is 1.86 bits per heavy atom. The number of aryl methyl sites for hydroxylation is 2. The summed E-state index contributed by atoms with van der Waals surface area (Å²) < 4.78 is 0. The van der Waals surface area contributed by atoms with Crippen LogP contribution in [0.15, 0.2) is 48.5 Å². The fourth-order valence-electron chi connectivity index (χ4n) is 4.30. The lowest BCUT2D eigenvalue weighted by Crippen LogP contribution is -2.40. The monoisotopic (exact) mass is 389 g/mol. The van der Waals surface area contributed by atoms with Crippen LogP contribution in [0.2, 0.25) is 0 Å². The molecule has 0 unspecified atom stereocenters. The van der Waals surface area contributed by atoms with Gasteiger partial charge in [-0.25, -0.2) is 0 Å². The van der Waals surface area contributed by atoms with E-state index in [1.54, 1.807) is 0 Å². The zero-order valence-corrected chi connectivity index (χ0v) is 17.5. The molecule has 3 aromatic rings. The number of carbonyl (C=O) groups is 1. The summed E-state index contributed by atoms with van der Waals surface area (Å²) in [5.74, 6) is 0.750. The van der Waals surface area contributed by atoms with Crippen LogP contribution in [0.4, 0.5) is 0 Å². The Morgan fingerprint density at radius 3 is 2.62 bits per heavy atom. The highest BCUT2D eigenvalue weighted by atomic mass is 16.1. The number of aromatic amines is 1. The highest BCUT2D eigenvalue weighted by Gasteiger charge is 2.19. The standard InChI is InChI=1S/C25H31N3O/c1-18-7-8-21(15-19(18)2)16-20-9-12-28(13-10-20)14-11-26-25(29)24-17-22-5-3-4-6-23(22)27-24/h3-8,15,17,20,27H,9-14,16H2,1-2H3,(H,26,29). The molecule has 0 atom stereocenters. The summed E-state index contributed by atoms with van der Waals surface area (Å²) in [7, 11) is 0. The summed E-state index contributed by atoms with van der Waals surface area (Å²) in [5, 5.41) is 4.13. The SMILES string of the molecule is Cc1ccc(CC2CCN(CCNC(=O)c3cc4ccccc4[nH]3)CC2)cc1C. The van der Waals surface area contributed by atoms with E-state index in [-0.39, 0.29) is 5.91 Å². The number of nitrogens with zero attached hydrogens (tertiary/aromatic N) is 1. The lowest BCUT2D eigenvalue weighted by Gasteiger charge is -2.32. The van der Waals surface area contributed by atoms with Crippen molar-refractivity contribution < 1.29 is 4.79 Å². The summed E-state index contributed by atoms with van der Waals surface area (Å²) >= 11 is 0. The predicted molar refractivity (Wildman–Crippen MR) is 119 cm³/mol. The molecule has 0 spiro atoms. The molecule has 0 radical (unpaired) electrons. The van der Waals surface area contributed by atoms with Crippen LogP contribution < -0.4 is 5.32 Å². The molecule has 0 bridgehead atoms. The number of likely N-dealkylation sites (tertiary alicyclic amines) is 1. The van der Waals surface area contributed by atoms with Crippen LogP contribution >= 0.6 is 0 Å². The number of benzene rings is 2. The third-order valence-electron chi connectivity index (χ3n) is 6.29. The van der Waals surface area contributed by atoms with Crippen LogP contribution in [0.25, 0.3) is 10.9 Å². The maximum absolute atomic E-state index is 12.4. The smallest absolute Gasteiger partial charge is 0.267 e. The number of nitrogens with one attached hydrogen (secondary N) is 2. The number of H-pyrrole nitrogens is 1. The largest absolute Gasteiger partial charge is 0.351 e. The number of aromatic nitrogens is 1. The molecule has 2 aromatic carbocycles. The molecule has 1 amide bonds. The van der Waals surface area contributed by atoms with E-state index in [2.05, 4.69) is 47.2 Å². The number of amides is 1. The lowest BCUT2D eigenvalue weighted by molar-refractivity contribution is 0.0940. The van der Waals surface area contributed by atoms with Gasteiger partial charge in [0.15, 0.2) is 0 Å². The second-order valence-electron chi connectivity index (χ2n) is 8.43. The maximum Gasteiger partial charge on any atom is 0.267 e. The van der Waals surface area contributed by atoms with Crippen molar-refractivity contribution in [2.75, 3.05) is 26.2 Å². The highest BCUT2D eigenvalue weighted by molar-refractivity contribution is 5.97. The maximum atomic E-state index is 12.4. The van der Waals surface area contributed by atoms with E-state index < -0.39 is 0 Å². The number of rotatable bonds is 6. The van der Waals surface area contributed by atoms with Gasteiger partial charge in [0.2, 0.25) is 0 Å². The Bertz CT molecular complexity index is 950. The van der Waals surface area contributed by atoms with E-state index in [4.69, 9.17) is 0 Å².